The second-order valence-electron chi connectivity index (χ2n) is 6.73. The van der Waals surface area contributed by atoms with Crippen LogP contribution < -0.4 is 15.4 Å². The highest BCUT2D eigenvalue weighted by molar-refractivity contribution is 5.82. The summed E-state index contributed by atoms with van der Waals surface area (Å²) in [5.74, 6) is 0.460. The molecule has 0 spiro atoms. The Labute approximate surface area is 136 Å². The van der Waals surface area contributed by atoms with Crippen molar-refractivity contribution in [3.05, 3.63) is 29.6 Å². The van der Waals surface area contributed by atoms with Crippen molar-refractivity contribution >= 4 is 5.91 Å². The van der Waals surface area contributed by atoms with E-state index >= 15 is 0 Å². The minimum Gasteiger partial charge on any atom is -0.494 e. The minimum atomic E-state index is -0.406. The van der Waals surface area contributed by atoms with Gasteiger partial charge in [-0.1, -0.05) is 18.9 Å². The van der Waals surface area contributed by atoms with Gasteiger partial charge in [0, 0.05) is 6.04 Å². The van der Waals surface area contributed by atoms with Crippen LogP contribution in [0.25, 0.3) is 0 Å². The molecule has 2 fully saturated rings. The van der Waals surface area contributed by atoms with Crippen LogP contribution in [0.4, 0.5) is 4.39 Å². The predicted octanol–water partition coefficient (Wildman–Crippen LogP) is 2.93. The zero-order valence-electron chi connectivity index (χ0n) is 13.8. The molecule has 1 amide bonds. The molecule has 1 aliphatic carbocycles. The summed E-state index contributed by atoms with van der Waals surface area (Å²) in [4.78, 5) is 12.5. The molecule has 23 heavy (non-hydrogen) atoms. The van der Waals surface area contributed by atoms with Crippen molar-refractivity contribution in [3.8, 4) is 5.75 Å². The lowest BCUT2D eigenvalue weighted by Crippen LogP contribution is -2.43. The normalized spacial score (nSPS) is 28.0. The molecule has 4 atom stereocenters. The van der Waals surface area contributed by atoms with Gasteiger partial charge in [0.15, 0.2) is 11.6 Å². The van der Waals surface area contributed by atoms with E-state index in [2.05, 4.69) is 10.6 Å². The Morgan fingerprint density at radius 1 is 1.39 bits per heavy atom. The van der Waals surface area contributed by atoms with Crippen LogP contribution in [0.1, 0.15) is 50.6 Å². The second-order valence-corrected chi connectivity index (χ2v) is 6.73. The summed E-state index contributed by atoms with van der Waals surface area (Å²) in [5, 5.41) is 6.48. The number of carbonyl (C=O) groups is 1. The molecule has 2 aliphatic rings. The maximum absolute atomic E-state index is 13.8. The zero-order chi connectivity index (χ0) is 16.4. The van der Waals surface area contributed by atoms with Gasteiger partial charge in [-0.15, -0.1) is 0 Å². The van der Waals surface area contributed by atoms with Gasteiger partial charge in [0.1, 0.15) is 0 Å². The second kappa shape index (κ2) is 6.87. The maximum atomic E-state index is 13.8. The monoisotopic (exact) mass is 320 g/mol. The topological polar surface area (TPSA) is 50.4 Å². The average molecular weight is 320 g/mol. The highest BCUT2D eigenvalue weighted by Crippen LogP contribution is 2.33. The lowest BCUT2D eigenvalue weighted by Gasteiger charge is -2.24. The van der Waals surface area contributed by atoms with Gasteiger partial charge in [-0.3, -0.25) is 4.79 Å². The van der Waals surface area contributed by atoms with Crippen LogP contribution in [0.5, 0.6) is 5.75 Å². The molecule has 1 aliphatic heterocycles. The molecule has 1 aromatic carbocycles. The molecular weight excluding hydrogens is 295 g/mol. The molecule has 0 radical (unpaired) electrons. The fourth-order valence-electron chi connectivity index (χ4n) is 3.87. The van der Waals surface area contributed by atoms with E-state index in [1.54, 1.807) is 12.1 Å². The van der Waals surface area contributed by atoms with Gasteiger partial charge in [0.05, 0.1) is 19.2 Å². The molecule has 4 unspecified atom stereocenters. The first-order valence-electron chi connectivity index (χ1n) is 8.48. The molecule has 126 valence electrons. The van der Waals surface area contributed by atoms with E-state index in [4.69, 9.17) is 4.74 Å². The number of benzene rings is 1. The molecule has 5 heteroatoms. The van der Waals surface area contributed by atoms with Crippen LogP contribution in [-0.4, -0.2) is 25.1 Å². The van der Waals surface area contributed by atoms with E-state index < -0.39 is 5.82 Å². The van der Waals surface area contributed by atoms with Crippen LogP contribution in [0.2, 0.25) is 0 Å². The Hall–Kier alpha value is -1.62. The Balaban J connectivity index is 1.60. The Kier molecular flexibility index (Phi) is 4.85. The third-order valence-electron chi connectivity index (χ3n) is 5.21. The van der Waals surface area contributed by atoms with Gasteiger partial charge in [-0.2, -0.15) is 0 Å². The van der Waals surface area contributed by atoms with Crippen molar-refractivity contribution in [2.24, 2.45) is 5.92 Å². The molecule has 2 N–H and O–H groups in total. The zero-order valence-corrected chi connectivity index (χ0v) is 13.8. The van der Waals surface area contributed by atoms with Crippen molar-refractivity contribution in [2.75, 3.05) is 7.11 Å². The van der Waals surface area contributed by atoms with E-state index in [9.17, 15) is 9.18 Å². The summed E-state index contributed by atoms with van der Waals surface area (Å²) in [6.45, 7) is 1.88. The first-order valence-corrected chi connectivity index (χ1v) is 8.48. The summed E-state index contributed by atoms with van der Waals surface area (Å²) in [6.07, 6.45) is 5.84. The van der Waals surface area contributed by atoms with Gasteiger partial charge >= 0.3 is 0 Å². The quantitative estimate of drug-likeness (QED) is 0.897. The number of rotatable bonds is 4. The number of hydrogen-bond acceptors (Lipinski definition) is 3. The van der Waals surface area contributed by atoms with Crippen molar-refractivity contribution in [1.29, 1.82) is 0 Å². The summed E-state index contributed by atoms with van der Waals surface area (Å²) in [6, 6.07) is 4.95. The highest BCUT2D eigenvalue weighted by atomic mass is 19.1. The third kappa shape index (κ3) is 3.50. The standard InChI is InChI=1S/C18H25FN2O2/c1-11(12-7-8-17(23-2)14(19)9-12)20-18(22)16-10-13-5-3-4-6-15(13)21-16/h7-9,11,13,15-16,21H,3-6,10H2,1-2H3,(H,20,22). The number of carbonyl (C=O) groups excluding carboxylic acids is 1. The van der Waals surface area contributed by atoms with Crippen LogP contribution >= 0.6 is 0 Å². The molecular formula is C18H25FN2O2. The lowest BCUT2D eigenvalue weighted by atomic mass is 9.85. The fourth-order valence-corrected chi connectivity index (χ4v) is 3.87. The van der Waals surface area contributed by atoms with Crippen LogP contribution in [0, 0.1) is 11.7 Å². The lowest BCUT2D eigenvalue weighted by molar-refractivity contribution is -0.123. The van der Waals surface area contributed by atoms with E-state index in [0.29, 0.717) is 12.0 Å². The fraction of sp³-hybridized carbons (Fsp3) is 0.611. The van der Waals surface area contributed by atoms with Crippen LogP contribution in [0.15, 0.2) is 18.2 Å². The Morgan fingerprint density at radius 3 is 2.87 bits per heavy atom. The Bertz CT molecular complexity index is 564. The molecule has 1 saturated carbocycles. The van der Waals surface area contributed by atoms with Gasteiger partial charge in [-0.05, 0) is 49.8 Å². The van der Waals surface area contributed by atoms with Gasteiger partial charge in [0.2, 0.25) is 5.91 Å². The van der Waals surface area contributed by atoms with E-state index in [1.165, 1.54) is 38.9 Å². The van der Waals surface area contributed by atoms with Crippen molar-refractivity contribution < 1.29 is 13.9 Å². The first-order chi connectivity index (χ1) is 11.1. The van der Waals surface area contributed by atoms with E-state index in [0.717, 1.165) is 12.0 Å². The number of methoxy groups -OCH3 is 1. The number of hydrogen-bond donors (Lipinski definition) is 2. The predicted molar refractivity (Wildman–Crippen MR) is 86.8 cm³/mol. The smallest absolute Gasteiger partial charge is 0.237 e. The summed E-state index contributed by atoms with van der Waals surface area (Å²) in [7, 11) is 1.44. The highest BCUT2D eigenvalue weighted by Gasteiger charge is 2.38. The van der Waals surface area contributed by atoms with Gasteiger partial charge in [0.25, 0.3) is 0 Å². The van der Waals surface area contributed by atoms with E-state index in [1.807, 2.05) is 6.92 Å². The molecule has 0 aromatic heterocycles. The number of amides is 1. The first kappa shape index (κ1) is 16.2. The average Bonchev–Trinajstić information content (AvgIpc) is 2.99. The summed E-state index contributed by atoms with van der Waals surface area (Å²) in [5.41, 5.74) is 0.743. The van der Waals surface area contributed by atoms with Gasteiger partial charge < -0.3 is 15.4 Å². The number of nitrogens with one attached hydrogen (secondary N) is 2. The van der Waals surface area contributed by atoms with Crippen molar-refractivity contribution in [1.82, 2.24) is 10.6 Å². The molecule has 1 heterocycles. The number of fused-ring (bicyclic) bond motifs is 1. The van der Waals surface area contributed by atoms with Gasteiger partial charge in [-0.25, -0.2) is 4.39 Å². The molecule has 3 rings (SSSR count). The molecule has 1 saturated heterocycles. The SMILES string of the molecule is COc1ccc(C(C)NC(=O)C2CC3CCCCC3N2)cc1F. The number of halogens is 1. The van der Waals surface area contributed by atoms with Crippen LogP contribution in [0.3, 0.4) is 0 Å². The van der Waals surface area contributed by atoms with Crippen molar-refractivity contribution in [3.63, 3.8) is 0 Å². The third-order valence-corrected chi connectivity index (χ3v) is 5.21. The Morgan fingerprint density at radius 2 is 2.17 bits per heavy atom. The van der Waals surface area contributed by atoms with E-state index in [-0.39, 0.29) is 23.7 Å². The molecule has 1 aromatic rings. The maximum Gasteiger partial charge on any atom is 0.237 e. The largest absolute Gasteiger partial charge is 0.494 e. The molecule has 4 nitrogen and oxygen atoms in total. The molecule has 0 bridgehead atoms. The summed E-state index contributed by atoms with van der Waals surface area (Å²) < 4.78 is 18.7. The minimum absolute atomic E-state index is 0.0168. The van der Waals surface area contributed by atoms with Crippen LogP contribution in [-0.2, 0) is 4.79 Å². The number of ether oxygens (including phenoxy) is 1. The summed E-state index contributed by atoms with van der Waals surface area (Å²) >= 11 is 0. The van der Waals surface area contributed by atoms with Crippen molar-refractivity contribution in [2.45, 2.75) is 57.2 Å².